The molecule has 3 heteroatoms. The molecule has 0 saturated carbocycles. The third-order valence-electron chi connectivity index (χ3n) is 2.07. The number of para-hydroxylation sites is 1. The van der Waals surface area contributed by atoms with Gasteiger partial charge in [-0.25, -0.2) is 5.43 Å². The third kappa shape index (κ3) is 1.42. The number of nitrogens with one attached hydrogen (secondary N) is 1. The number of hydrogen-bond donors (Lipinski definition) is 1. The van der Waals surface area contributed by atoms with E-state index in [1.807, 2.05) is 30.3 Å². The predicted molar refractivity (Wildman–Crippen MR) is 50.7 cm³/mol. The number of halogens is 1. The summed E-state index contributed by atoms with van der Waals surface area (Å²) in [5.74, 6) is -0.189. The van der Waals surface area contributed by atoms with E-state index in [0.717, 1.165) is 11.3 Å². The van der Waals surface area contributed by atoms with Gasteiger partial charge in [0.25, 0.3) is 0 Å². The van der Waals surface area contributed by atoms with Crippen LogP contribution in [0.2, 0.25) is 0 Å². The molecule has 2 nitrogen and oxygen atoms in total. The summed E-state index contributed by atoms with van der Waals surface area (Å²) in [6, 6.07) is 9.42. The first-order valence-electron chi connectivity index (χ1n) is 4.23. The Hall–Kier alpha value is -1.35. The number of hydrogen-bond acceptors (Lipinski definition) is 2. The van der Waals surface area contributed by atoms with Crippen molar-refractivity contribution in [3.05, 3.63) is 41.9 Å². The molecule has 0 aromatic heterocycles. The minimum Gasteiger partial charge on any atom is -0.251 e. The Bertz CT molecular complexity index is 332. The molecule has 0 radical (unpaired) electrons. The van der Waals surface area contributed by atoms with Crippen molar-refractivity contribution in [3.63, 3.8) is 0 Å². The molecule has 68 valence electrons. The fraction of sp³-hybridized carbons (Fsp3) is 0.200. The van der Waals surface area contributed by atoms with Crippen molar-refractivity contribution in [2.75, 3.05) is 11.6 Å². The van der Waals surface area contributed by atoms with Crippen LogP contribution >= 0.6 is 0 Å². The standard InChI is InChI=1S/C10H11FN2/c1-8-7-12-13(10(8)11)9-5-3-2-4-6-9/h2-6,12H,7H2,1H3. The van der Waals surface area contributed by atoms with E-state index < -0.39 is 0 Å². The first kappa shape index (κ1) is 8.26. The number of hydrazine groups is 1. The highest BCUT2D eigenvalue weighted by molar-refractivity contribution is 5.51. The van der Waals surface area contributed by atoms with Gasteiger partial charge < -0.3 is 0 Å². The average molecular weight is 178 g/mol. The molecule has 0 aliphatic carbocycles. The number of benzene rings is 1. The van der Waals surface area contributed by atoms with Crippen LogP contribution in [0, 0.1) is 0 Å². The molecule has 0 amide bonds. The maximum Gasteiger partial charge on any atom is 0.208 e. The van der Waals surface area contributed by atoms with Crippen LogP contribution in [0.15, 0.2) is 41.9 Å². The van der Waals surface area contributed by atoms with E-state index in [-0.39, 0.29) is 5.95 Å². The second-order valence-electron chi connectivity index (χ2n) is 3.08. The fourth-order valence-corrected chi connectivity index (χ4v) is 1.31. The number of anilines is 1. The molecule has 1 heterocycles. The summed E-state index contributed by atoms with van der Waals surface area (Å²) in [5, 5.41) is 1.47. The highest BCUT2D eigenvalue weighted by atomic mass is 19.1. The zero-order chi connectivity index (χ0) is 9.26. The Balaban J connectivity index is 2.30. The number of nitrogens with zero attached hydrogens (tertiary/aromatic N) is 1. The van der Waals surface area contributed by atoms with Crippen molar-refractivity contribution >= 4 is 5.69 Å². The predicted octanol–water partition coefficient (Wildman–Crippen LogP) is 2.21. The van der Waals surface area contributed by atoms with Crippen molar-refractivity contribution in [1.29, 1.82) is 0 Å². The van der Waals surface area contributed by atoms with Crippen LogP contribution in [0.5, 0.6) is 0 Å². The molecule has 0 saturated heterocycles. The quantitative estimate of drug-likeness (QED) is 0.663. The Kier molecular flexibility index (Phi) is 2.02. The number of rotatable bonds is 1. The van der Waals surface area contributed by atoms with E-state index >= 15 is 0 Å². The van der Waals surface area contributed by atoms with Crippen LogP contribution in [-0.4, -0.2) is 6.54 Å². The lowest BCUT2D eigenvalue weighted by atomic mass is 10.3. The van der Waals surface area contributed by atoms with Crippen LogP contribution in [0.4, 0.5) is 10.1 Å². The van der Waals surface area contributed by atoms with Gasteiger partial charge in [-0.1, -0.05) is 18.2 Å². The van der Waals surface area contributed by atoms with Crippen molar-refractivity contribution < 1.29 is 4.39 Å². The summed E-state index contributed by atoms with van der Waals surface area (Å²) in [6.45, 7) is 2.37. The van der Waals surface area contributed by atoms with E-state index in [2.05, 4.69) is 5.43 Å². The van der Waals surface area contributed by atoms with Gasteiger partial charge in [-0.3, -0.25) is 5.01 Å². The highest BCUT2D eigenvalue weighted by Crippen LogP contribution is 2.23. The zero-order valence-electron chi connectivity index (χ0n) is 7.42. The molecule has 1 aromatic rings. The first-order chi connectivity index (χ1) is 6.29. The summed E-state index contributed by atoms with van der Waals surface area (Å²) in [7, 11) is 0. The summed E-state index contributed by atoms with van der Waals surface area (Å²) in [6.07, 6.45) is 0. The molecule has 0 fully saturated rings. The molecule has 0 bridgehead atoms. The van der Waals surface area contributed by atoms with Gasteiger partial charge in [0.2, 0.25) is 5.95 Å². The second kappa shape index (κ2) is 3.18. The first-order valence-corrected chi connectivity index (χ1v) is 4.23. The van der Waals surface area contributed by atoms with Gasteiger partial charge in [-0.05, 0) is 24.6 Å². The Morgan fingerprint density at radius 2 is 2.00 bits per heavy atom. The summed E-state index contributed by atoms with van der Waals surface area (Å²) in [4.78, 5) is 0. The summed E-state index contributed by atoms with van der Waals surface area (Å²) >= 11 is 0. The van der Waals surface area contributed by atoms with Crippen LogP contribution in [0.3, 0.4) is 0 Å². The summed E-state index contributed by atoms with van der Waals surface area (Å²) in [5.41, 5.74) is 4.53. The van der Waals surface area contributed by atoms with Gasteiger partial charge in [-0.2, -0.15) is 4.39 Å². The topological polar surface area (TPSA) is 15.3 Å². The second-order valence-corrected chi connectivity index (χ2v) is 3.08. The fourth-order valence-electron chi connectivity index (χ4n) is 1.31. The monoisotopic (exact) mass is 178 g/mol. The average Bonchev–Trinajstić information content (AvgIpc) is 2.49. The molecule has 0 atom stereocenters. The maximum atomic E-state index is 13.4. The lowest BCUT2D eigenvalue weighted by Crippen LogP contribution is -2.30. The molecule has 1 aliphatic rings. The minimum atomic E-state index is -0.189. The smallest absolute Gasteiger partial charge is 0.208 e. The third-order valence-corrected chi connectivity index (χ3v) is 2.07. The Labute approximate surface area is 76.6 Å². The molecule has 1 N–H and O–H groups in total. The van der Waals surface area contributed by atoms with Crippen molar-refractivity contribution in [2.24, 2.45) is 0 Å². The molecular weight excluding hydrogens is 167 g/mol. The van der Waals surface area contributed by atoms with Crippen molar-refractivity contribution in [3.8, 4) is 0 Å². The Morgan fingerprint density at radius 3 is 2.54 bits per heavy atom. The van der Waals surface area contributed by atoms with E-state index in [9.17, 15) is 4.39 Å². The van der Waals surface area contributed by atoms with Crippen molar-refractivity contribution in [1.82, 2.24) is 5.43 Å². The molecule has 13 heavy (non-hydrogen) atoms. The highest BCUT2D eigenvalue weighted by Gasteiger charge is 2.19. The lowest BCUT2D eigenvalue weighted by Gasteiger charge is -2.16. The van der Waals surface area contributed by atoms with E-state index in [1.54, 1.807) is 6.92 Å². The van der Waals surface area contributed by atoms with E-state index in [0.29, 0.717) is 6.54 Å². The molecule has 1 aliphatic heterocycles. The zero-order valence-corrected chi connectivity index (χ0v) is 7.42. The summed E-state index contributed by atoms with van der Waals surface area (Å²) < 4.78 is 13.4. The van der Waals surface area contributed by atoms with E-state index in [4.69, 9.17) is 0 Å². The maximum absolute atomic E-state index is 13.4. The normalized spacial score (nSPS) is 16.9. The van der Waals surface area contributed by atoms with Gasteiger partial charge in [-0.15, -0.1) is 0 Å². The lowest BCUT2D eigenvalue weighted by molar-refractivity contribution is 0.580. The van der Waals surface area contributed by atoms with Crippen LogP contribution in [0.1, 0.15) is 6.92 Å². The Morgan fingerprint density at radius 1 is 1.31 bits per heavy atom. The van der Waals surface area contributed by atoms with Gasteiger partial charge in [0, 0.05) is 6.54 Å². The minimum absolute atomic E-state index is 0.189. The van der Waals surface area contributed by atoms with Gasteiger partial charge in [0.15, 0.2) is 0 Å². The van der Waals surface area contributed by atoms with E-state index in [1.165, 1.54) is 5.01 Å². The largest absolute Gasteiger partial charge is 0.251 e. The SMILES string of the molecule is CC1=C(F)N(c2ccccc2)NC1. The van der Waals surface area contributed by atoms with Crippen LogP contribution in [-0.2, 0) is 0 Å². The molecule has 0 spiro atoms. The molecule has 1 aromatic carbocycles. The molecule has 0 unspecified atom stereocenters. The van der Waals surface area contributed by atoms with Gasteiger partial charge in [0.1, 0.15) is 0 Å². The molecule has 2 rings (SSSR count). The van der Waals surface area contributed by atoms with Gasteiger partial charge in [0.05, 0.1) is 5.69 Å². The van der Waals surface area contributed by atoms with Gasteiger partial charge >= 0.3 is 0 Å². The van der Waals surface area contributed by atoms with Crippen LogP contribution in [0.25, 0.3) is 0 Å². The van der Waals surface area contributed by atoms with Crippen LogP contribution < -0.4 is 10.4 Å². The van der Waals surface area contributed by atoms with Crippen molar-refractivity contribution in [2.45, 2.75) is 6.92 Å². The molecular formula is C10H11FN2.